The van der Waals surface area contributed by atoms with E-state index in [2.05, 4.69) is 0 Å². The molecule has 2 amide bonds. The Balaban J connectivity index is 1.91. The van der Waals surface area contributed by atoms with E-state index in [1.807, 2.05) is 0 Å². The van der Waals surface area contributed by atoms with Gasteiger partial charge in [0.05, 0.1) is 11.1 Å². The van der Waals surface area contributed by atoms with E-state index < -0.39 is 46.9 Å². The standard InChI is InChI=1S/C23H15NO9/c25-11-3-1-10(2-4-11)9-16(23(32)33)24-19(26)12-5-7-14(21(28)29)18-15(22(30)31)8-6-13(17(12)18)20(24)27/h1-8,16,25H,9H2,(H,28,29)(H,30,31)(H,32,33)/t16-/m0/s1. The molecule has 1 aliphatic heterocycles. The van der Waals surface area contributed by atoms with Crippen molar-refractivity contribution in [3.63, 3.8) is 0 Å². The van der Waals surface area contributed by atoms with Gasteiger partial charge in [-0.3, -0.25) is 14.5 Å². The molecular formula is C23H15NO9. The highest BCUT2D eigenvalue weighted by Crippen LogP contribution is 2.36. The number of hydrogen-bond donors (Lipinski definition) is 4. The number of carboxylic acid groups (broad SMARTS) is 3. The summed E-state index contributed by atoms with van der Waals surface area (Å²) in [7, 11) is 0. The maximum absolute atomic E-state index is 13.3. The lowest BCUT2D eigenvalue weighted by molar-refractivity contribution is -0.141. The predicted molar refractivity (Wildman–Crippen MR) is 112 cm³/mol. The van der Waals surface area contributed by atoms with Crippen molar-refractivity contribution in [1.29, 1.82) is 0 Å². The molecule has 0 radical (unpaired) electrons. The fourth-order valence-electron chi connectivity index (χ4n) is 3.99. The summed E-state index contributed by atoms with van der Waals surface area (Å²) in [6.07, 6.45) is -0.244. The molecule has 0 unspecified atom stereocenters. The lowest BCUT2D eigenvalue weighted by atomic mass is 9.87. The zero-order valence-electron chi connectivity index (χ0n) is 16.7. The van der Waals surface area contributed by atoms with Crippen molar-refractivity contribution in [2.45, 2.75) is 12.5 Å². The van der Waals surface area contributed by atoms with E-state index in [1.165, 1.54) is 24.3 Å². The van der Waals surface area contributed by atoms with E-state index in [1.54, 1.807) is 0 Å². The van der Waals surface area contributed by atoms with E-state index in [0.717, 1.165) is 24.3 Å². The lowest BCUT2D eigenvalue weighted by Crippen LogP contribution is -2.51. The summed E-state index contributed by atoms with van der Waals surface area (Å²) in [5.74, 6) is -6.35. The van der Waals surface area contributed by atoms with Crippen LogP contribution in [0.25, 0.3) is 10.8 Å². The van der Waals surface area contributed by atoms with Crippen LogP contribution in [0.3, 0.4) is 0 Å². The Morgan fingerprint density at radius 1 is 0.727 bits per heavy atom. The molecule has 1 heterocycles. The number of carbonyl (C=O) groups excluding carboxylic acids is 2. The van der Waals surface area contributed by atoms with Crippen LogP contribution >= 0.6 is 0 Å². The molecule has 33 heavy (non-hydrogen) atoms. The van der Waals surface area contributed by atoms with Crippen molar-refractivity contribution in [3.8, 4) is 5.75 Å². The van der Waals surface area contributed by atoms with Gasteiger partial charge in [-0.05, 0) is 42.0 Å². The second-order valence-electron chi connectivity index (χ2n) is 7.39. The topological polar surface area (TPSA) is 170 Å². The van der Waals surface area contributed by atoms with Gasteiger partial charge in [-0.1, -0.05) is 12.1 Å². The summed E-state index contributed by atoms with van der Waals surface area (Å²) in [6, 6.07) is 8.38. The van der Waals surface area contributed by atoms with Gasteiger partial charge in [0.2, 0.25) is 0 Å². The van der Waals surface area contributed by atoms with Gasteiger partial charge in [-0.25, -0.2) is 14.4 Å². The van der Waals surface area contributed by atoms with E-state index in [-0.39, 0.29) is 34.1 Å². The number of imide groups is 1. The lowest BCUT2D eigenvalue weighted by Gasteiger charge is -2.32. The quantitative estimate of drug-likeness (QED) is 0.412. The molecule has 3 aromatic carbocycles. The zero-order valence-corrected chi connectivity index (χ0v) is 16.7. The molecule has 4 N–H and O–H groups in total. The molecule has 0 spiro atoms. The van der Waals surface area contributed by atoms with Crippen LogP contribution in [-0.4, -0.2) is 61.1 Å². The molecule has 1 atom stereocenters. The number of carbonyl (C=O) groups is 5. The smallest absolute Gasteiger partial charge is 0.336 e. The highest BCUT2D eigenvalue weighted by Gasteiger charge is 2.41. The van der Waals surface area contributed by atoms with Crippen LogP contribution in [0, 0.1) is 0 Å². The Bertz CT molecular complexity index is 1310. The van der Waals surface area contributed by atoms with E-state index in [4.69, 9.17) is 0 Å². The van der Waals surface area contributed by atoms with Crippen molar-refractivity contribution in [2.75, 3.05) is 0 Å². The maximum Gasteiger partial charge on any atom is 0.336 e. The number of nitrogens with zero attached hydrogens (tertiary/aromatic N) is 1. The minimum atomic E-state index is -1.60. The van der Waals surface area contributed by atoms with Crippen LogP contribution in [0.4, 0.5) is 0 Å². The van der Waals surface area contributed by atoms with Crippen molar-refractivity contribution in [2.24, 2.45) is 0 Å². The molecule has 4 rings (SSSR count). The monoisotopic (exact) mass is 449 g/mol. The molecule has 0 aliphatic carbocycles. The van der Waals surface area contributed by atoms with Crippen molar-refractivity contribution < 1.29 is 44.4 Å². The minimum Gasteiger partial charge on any atom is -0.508 e. The first kappa shape index (κ1) is 21.5. The number of aromatic hydroxyl groups is 1. The number of amides is 2. The van der Waals surface area contributed by atoms with Gasteiger partial charge < -0.3 is 20.4 Å². The molecule has 166 valence electrons. The normalized spacial score (nSPS) is 13.8. The van der Waals surface area contributed by atoms with Crippen LogP contribution in [0.2, 0.25) is 0 Å². The number of aromatic carboxylic acids is 2. The molecule has 3 aromatic rings. The highest BCUT2D eigenvalue weighted by molar-refractivity contribution is 6.30. The van der Waals surface area contributed by atoms with E-state index in [9.17, 15) is 44.4 Å². The molecular weight excluding hydrogens is 434 g/mol. The Kier molecular flexibility index (Phi) is 5.05. The van der Waals surface area contributed by atoms with Crippen LogP contribution < -0.4 is 0 Å². The molecule has 1 aliphatic rings. The van der Waals surface area contributed by atoms with Crippen molar-refractivity contribution in [3.05, 3.63) is 76.3 Å². The van der Waals surface area contributed by atoms with Crippen molar-refractivity contribution >= 4 is 40.5 Å². The van der Waals surface area contributed by atoms with Gasteiger partial charge >= 0.3 is 17.9 Å². The third-order valence-corrected chi connectivity index (χ3v) is 5.48. The number of aliphatic carboxylic acids is 1. The molecule has 0 aromatic heterocycles. The number of hydrogen-bond acceptors (Lipinski definition) is 6. The maximum atomic E-state index is 13.3. The molecule has 10 heteroatoms. The Morgan fingerprint density at radius 3 is 1.64 bits per heavy atom. The SMILES string of the molecule is O=C(O)c1ccc2c3c(ccc(C(=O)O)c13)C(=O)N([C@@H](Cc1ccc(O)cc1)C(=O)O)C2=O. The third kappa shape index (κ3) is 3.43. The zero-order chi connectivity index (χ0) is 24.0. The fourth-order valence-corrected chi connectivity index (χ4v) is 3.99. The van der Waals surface area contributed by atoms with E-state index >= 15 is 0 Å². The van der Waals surface area contributed by atoms with Crippen LogP contribution in [0.1, 0.15) is 47.0 Å². The van der Waals surface area contributed by atoms with Crippen molar-refractivity contribution in [1.82, 2.24) is 4.90 Å². The Labute approximate surface area is 184 Å². The first-order valence-electron chi connectivity index (χ1n) is 9.56. The number of rotatable bonds is 6. The average Bonchev–Trinajstić information content (AvgIpc) is 2.77. The van der Waals surface area contributed by atoms with Gasteiger partial charge in [0, 0.05) is 28.3 Å². The second kappa shape index (κ2) is 7.75. The van der Waals surface area contributed by atoms with Crippen LogP contribution in [0.15, 0.2) is 48.5 Å². The fraction of sp³-hybridized carbons (Fsp3) is 0.0870. The first-order chi connectivity index (χ1) is 15.6. The van der Waals surface area contributed by atoms with Gasteiger partial charge in [0.1, 0.15) is 11.8 Å². The average molecular weight is 449 g/mol. The summed E-state index contributed by atoms with van der Waals surface area (Å²) < 4.78 is 0. The second-order valence-corrected chi connectivity index (χ2v) is 7.39. The third-order valence-electron chi connectivity index (χ3n) is 5.48. The van der Waals surface area contributed by atoms with Gasteiger partial charge in [-0.2, -0.15) is 0 Å². The highest BCUT2D eigenvalue weighted by atomic mass is 16.4. The number of benzene rings is 3. The van der Waals surface area contributed by atoms with Gasteiger partial charge in [0.25, 0.3) is 11.8 Å². The molecule has 0 saturated heterocycles. The minimum absolute atomic E-state index is 0.0418. The Hall–Kier alpha value is -4.73. The molecule has 0 bridgehead atoms. The summed E-state index contributed by atoms with van der Waals surface area (Å²) in [5, 5.41) is 37.9. The Morgan fingerprint density at radius 2 is 1.21 bits per heavy atom. The first-order valence-corrected chi connectivity index (χ1v) is 9.56. The molecule has 0 fully saturated rings. The summed E-state index contributed by atoms with van der Waals surface area (Å²) in [5.41, 5.74) is -0.713. The molecule has 0 saturated carbocycles. The summed E-state index contributed by atoms with van der Waals surface area (Å²) in [4.78, 5) is 62.6. The van der Waals surface area contributed by atoms with E-state index in [0.29, 0.717) is 10.5 Å². The summed E-state index contributed by atoms with van der Waals surface area (Å²) in [6.45, 7) is 0. The predicted octanol–water partition coefficient (Wildman–Crippen LogP) is 2.23. The van der Waals surface area contributed by atoms with Gasteiger partial charge in [0.15, 0.2) is 0 Å². The van der Waals surface area contributed by atoms with Gasteiger partial charge in [-0.15, -0.1) is 0 Å². The molecule has 10 nitrogen and oxygen atoms in total. The summed E-state index contributed by atoms with van der Waals surface area (Å²) >= 11 is 0. The number of carboxylic acids is 3. The largest absolute Gasteiger partial charge is 0.508 e. The number of phenols is 1. The van der Waals surface area contributed by atoms with Crippen LogP contribution in [-0.2, 0) is 11.2 Å². The van der Waals surface area contributed by atoms with Crippen LogP contribution in [0.5, 0.6) is 5.75 Å². The number of phenolic OH excluding ortho intramolecular Hbond substituents is 1.